The van der Waals surface area contributed by atoms with Crippen LogP contribution in [-0.4, -0.2) is 42.3 Å². The van der Waals surface area contributed by atoms with Crippen molar-refractivity contribution < 1.29 is 24.5 Å². The Morgan fingerprint density at radius 1 is 1.00 bits per heavy atom. The van der Waals surface area contributed by atoms with Gasteiger partial charge in [0.05, 0.1) is 13.2 Å². The van der Waals surface area contributed by atoms with Gasteiger partial charge in [0.2, 0.25) is 0 Å². The van der Waals surface area contributed by atoms with Crippen LogP contribution in [-0.2, 0) is 14.3 Å². The van der Waals surface area contributed by atoms with E-state index in [2.05, 4.69) is 63.9 Å². The molecule has 0 aromatic heterocycles. The Morgan fingerprint density at radius 2 is 1.57 bits per heavy atom. The first-order chi connectivity index (χ1) is 10.2. The maximum absolute atomic E-state index is 11.2. The Hall–Kier alpha value is -2.85. The van der Waals surface area contributed by atoms with E-state index in [1.54, 1.807) is 6.92 Å². The smallest absolute Gasteiger partial charge is 0.385 e. The standard InChI is InChI=1S/C16H12O5/c1-2-3-4-5-6-7-8-9-10-11-16(19)21-15(12-17)13-20-14-18/h15,17-18H,12-14H2,1H3/t15-/m1/s1. The van der Waals surface area contributed by atoms with Crippen LogP contribution in [0.25, 0.3) is 0 Å². The summed E-state index contributed by atoms with van der Waals surface area (Å²) in [6, 6.07) is 0. The van der Waals surface area contributed by atoms with Crippen LogP contribution in [0, 0.1) is 59.2 Å². The summed E-state index contributed by atoms with van der Waals surface area (Å²) in [6.07, 6.45) is -0.887. The van der Waals surface area contributed by atoms with Crippen molar-refractivity contribution in [2.24, 2.45) is 0 Å². The highest BCUT2D eigenvalue weighted by atomic mass is 16.6. The van der Waals surface area contributed by atoms with Gasteiger partial charge in [-0.05, 0) is 54.3 Å². The van der Waals surface area contributed by atoms with Crippen molar-refractivity contribution in [3.05, 3.63) is 0 Å². The van der Waals surface area contributed by atoms with Crippen molar-refractivity contribution in [2.45, 2.75) is 13.0 Å². The number of hydrogen-bond donors (Lipinski definition) is 2. The van der Waals surface area contributed by atoms with Crippen molar-refractivity contribution in [3.8, 4) is 59.2 Å². The summed E-state index contributed by atoms with van der Waals surface area (Å²) in [6.45, 7) is 0.561. The fourth-order valence-electron chi connectivity index (χ4n) is 0.821. The van der Waals surface area contributed by atoms with Crippen LogP contribution >= 0.6 is 0 Å². The molecule has 5 nitrogen and oxygen atoms in total. The van der Waals surface area contributed by atoms with E-state index in [4.69, 9.17) is 14.9 Å². The zero-order valence-corrected chi connectivity index (χ0v) is 11.3. The lowest BCUT2D eigenvalue weighted by Gasteiger charge is -2.12. The van der Waals surface area contributed by atoms with E-state index in [-0.39, 0.29) is 6.61 Å². The third kappa shape index (κ3) is 11.9. The normalized spacial score (nSPS) is 8.52. The average Bonchev–Trinajstić information content (AvgIpc) is 2.49. The van der Waals surface area contributed by atoms with Gasteiger partial charge in [-0.1, -0.05) is 5.92 Å². The molecule has 0 aliphatic rings. The van der Waals surface area contributed by atoms with Crippen LogP contribution in [0.2, 0.25) is 0 Å². The van der Waals surface area contributed by atoms with E-state index < -0.39 is 25.5 Å². The predicted molar refractivity (Wildman–Crippen MR) is 74.6 cm³/mol. The molecule has 0 bridgehead atoms. The van der Waals surface area contributed by atoms with Crippen molar-refractivity contribution in [3.63, 3.8) is 0 Å². The minimum atomic E-state index is -0.887. The number of ether oxygens (including phenoxy) is 2. The first kappa shape index (κ1) is 18.1. The minimum Gasteiger partial charge on any atom is -0.448 e. The molecule has 5 heteroatoms. The Morgan fingerprint density at radius 3 is 2.10 bits per heavy atom. The van der Waals surface area contributed by atoms with Crippen LogP contribution in [0.1, 0.15) is 6.92 Å². The molecule has 0 aromatic carbocycles. The van der Waals surface area contributed by atoms with Crippen molar-refractivity contribution >= 4 is 5.97 Å². The maximum Gasteiger partial charge on any atom is 0.385 e. The topological polar surface area (TPSA) is 76.0 Å². The fraction of sp³-hybridized carbons (Fsp3) is 0.312. The lowest BCUT2D eigenvalue weighted by Crippen LogP contribution is -2.26. The molecular formula is C16H12O5. The van der Waals surface area contributed by atoms with Crippen LogP contribution in [0.5, 0.6) is 0 Å². The van der Waals surface area contributed by atoms with Crippen LogP contribution in [0.15, 0.2) is 0 Å². The van der Waals surface area contributed by atoms with Gasteiger partial charge in [0.15, 0.2) is 0 Å². The molecule has 0 amide bonds. The second kappa shape index (κ2) is 13.6. The number of carbonyl (C=O) groups excluding carboxylic acids is 1. The van der Waals surface area contributed by atoms with Crippen LogP contribution in [0.3, 0.4) is 0 Å². The highest BCUT2D eigenvalue weighted by Gasteiger charge is 2.11. The molecule has 0 aliphatic heterocycles. The third-order valence-corrected chi connectivity index (χ3v) is 1.60. The van der Waals surface area contributed by atoms with Crippen molar-refractivity contribution in [1.82, 2.24) is 0 Å². The molecule has 0 spiro atoms. The van der Waals surface area contributed by atoms with E-state index in [0.717, 1.165) is 0 Å². The van der Waals surface area contributed by atoms with Gasteiger partial charge in [0, 0.05) is 5.92 Å². The molecule has 0 aliphatic carbocycles. The average molecular weight is 284 g/mol. The number of rotatable bonds is 5. The number of aliphatic hydroxyl groups is 2. The van der Waals surface area contributed by atoms with Crippen LogP contribution < -0.4 is 0 Å². The second-order valence-corrected chi connectivity index (χ2v) is 3.08. The van der Waals surface area contributed by atoms with Gasteiger partial charge in [0.25, 0.3) is 0 Å². The quantitative estimate of drug-likeness (QED) is 0.290. The first-order valence-electron chi connectivity index (χ1n) is 5.67. The molecule has 2 N–H and O–H groups in total. The van der Waals surface area contributed by atoms with E-state index in [9.17, 15) is 4.79 Å². The predicted octanol–water partition coefficient (Wildman–Crippen LogP) is -1.11. The highest BCUT2D eigenvalue weighted by molar-refractivity contribution is 5.89. The number of carbonyl (C=O) groups is 1. The number of aliphatic hydroxyl groups excluding tert-OH is 2. The van der Waals surface area contributed by atoms with Gasteiger partial charge in [0.1, 0.15) is 12.9 Å². The number of esters is 1. The van der Waals surface area contributed by atoms with E-state index in [1.807, 2.05) is 0 Å². The third-order valence-electron chi connectivity index (χ3n) is 1.60. The Balaban J connectivity index is 4.29. The molecule has 0 aromatic rings. The molecular weight excluding hydrogens is 272 g/mol. The molecule has 0 rings (SSSR count). The largest absolute Gasteiger partial charge is 0.448 e. The molecule has 0 saturated heterocycles. The Bertz CT molecular complexity index is 635. The zero-order valence-electron chi connectivity index (χ0n) is 11.3. The van der Waals surface area contributed by atoms with Crippen molar-refractivity contribution in [2.75, 3.05) is 20.0 Å². The highest BCUT2D eigenvalue weighted by Crippen LogP contribution is 1.92. The van der Waals surface area contributed by atoms with E-state index >= 15 is 0 Å². The molecule has 21 heavy (non-hydrogen) atoms. The monoisotopic (exact) mass is 284 g/mol. The Labute approximate surface area is 123 Å². The number of hydrogen-bond acceptors (Lipinski definition) is 5. The molecule has 0 fully saturated rings. The summed E-state index contributed by atoms with van der Waals surface area (Å²) in [4.78, 5) is 11.2. The van der Waals surface area contributed by atoms with Gasteiger partial charge < -0.3 is 19.7 Å². The zero-order chi connectivity index (χ0) is 15.8. The minimum absolute atomic E-state index is 0.128. The summed E-state index contributed by atoms with van der Waals surface area (Å²) in [5, 5.41) is 17.3. The summed E-state index contributed by atoms with van der Waals surface area (Å²) >= 11 is 0. The van der Waals surface area contributed by atoms with Gasteiger partial charge in [-0.3, -0.25) is 0 Å². The van der Waals surface area contributed by atoms with Gasteiger partial charge in [-0.15, -0.1) is 0 Å². The first-order valence-corrected chi connectivity index (χ1v) is 5.67. The summed E-state index contributed by atoms with van der Waals surface area (Å²) in [7, 11) is 0. The SMILES string of the molecule is CC#CC#CC#CC#CC#CC(=O)O[C@H](CO)COCO. The maximum atomic E-state index is 11.2. The lowest BCUT2D eigenvalue weighted by molar-refractivity contribution is -0.150. The lowest BCUT2D eigenvalue weighted by atomic mass is 10.4. The molecule has 0 saturated carbocycles. The summed E-state index contributed by atoms with van der Waals surface area (Å²) in [5.74, 6) is 23.0. The van der Waals surface area contributed by atoms with E-state index in [1.165, 1.54) is 0 Å². The van der Waals surface area contributed by atoms with Gasteiger partial charge >= 0.3 is 5.97 Å². The van der Waals surface area contributed by atoms with Gasteiger partial charge in [-0.2, -0.15) is 0 Å². The van der Waals surface area contributed by atoms with Gasteiger partial charge in [-0.25, -0.2) is 4.79 Å². The molecule has 106 valence electrons. The molecule has 0 heterocycles. The summed E-state index contributed by atoms with van der Waals surface area (Å²) in [5.41, 5.74) is 0. The van der Waals surface area contributed by atoms with Crippen LogP contribution in [0.4, 0.5) is 0 Å². The molecule has 0 radical (unpaired) electrons. The van der Waals surface area contributed by atoms with E-state index in [0.29, 0.717) is 0 Å². The molecule has 0 unspecified atom stereocenters. The molecule has 1 atom stereocenters. The van der Waals surface area contributed by atoms with Crippen molar-refractivity contribution in [1.29, 1.82) is 0 Å². The Kier molecular flexibility index (Phi) is 11.7. The fourth-order valence-corrected chi connectivity index (χ4v) is 0.821. The second-order valence-electron chi connectivity index (χ2n) is 3.08. The summed E-state index contributed by atoms with van der Waals surface area (Å²) < 4.78 is 9.32.